The fourth-order valence-electron chi connectivity index (χ4n) is 4.26. The average Bonchev–Trinajstić information content (AvgIpc) is 3.37. The first kappa shape index (κ1) is 25.9. The van der Waals surface area contributed by atoms with Crippen molar-refractivity contribution < 1.29 is 23.0 Å². The molecule has 0 aromatic heterocycles. The Balaban J connectivity index is 1.27. The van der Waals surface area contributed by atoms with E-state index < -0.39 is 6.03 Å². The standard InChI is InChI=1S/C31H27F2N3O3/c1-20(2)38-26-15-17-28(18-16-26)39-27-13-11-25(12-14-27)34-31(37)36-19-29(21-3-7-23(32)8-4-21)30(35-36)22-5-9-24(33)10-6-22/h3-18,20,29H,19H2,1-2H3,(H,34,37). The summed E-state index contributed by atoms with van der Waals surface area (Å²) in [7, 11) is 0. The topological polar surface area (TPSA) is 63.2 Å². The van der Waals surface area contributed by atoms with E-state index in [1.165, 1.54) is 29.3 Å². The number of benzene rings is 4. The van der Waals surface area contributed by atoms with Crippen molar-refractivity contribution >= 4 is 17.4 Å². The number of amides is 2. The van der Waals surface area contributed by atoms with Crippen LogP contribution in [0.2, 0.25) is 0 Å². The predicted octanol–water partition coefficient (Wildman–Crippen LogP) is 7.58. The second kappa shape index (κ2) is 11.3. The van der Waals surface area contributed by atoms with Gasteiger partial charge >= 0.3 is 6.03 Å². The Morgan fingerprint density at radius 2 is 1.36 bits per heavy atom. The zero-order valence-electron chi connectivity index (χ0n) is 21.5. The minimum atomic E-state index is -0.423. The lowest BCUT2D eigenvalue weighted by molar-refractivity contribution is 0.218. The second-order valence-corrected chi connectivity index (χ2v) is 9.37. The van der Waals surface area contributed by atoms with Gasteiger partial charge in [0.15, 0.2) is 0 Å². The highest BCUT2D eigenvalue weighted by molar-refractivity contribution is 6.07. The van der Waals surface area contributed by atoms with Gasteiger partial charge in [0, 0.05) is 11.6 Å². The smallest absolute Gasteiger partial charge is 0.342 e. The van der Waals surface area contributed by atoms with Gasteiger partial charge in [0.2, 0.25) is 0 Å². The maximum atomic E-state index is 13.5. The van der Waals surface area contributed by atoms with Gasteiger partial charge in [-0.25, -0.2) is 18.6 Å². The summed E-state index contributed by atoms with van der Waals surface area (Å²) in [6, 6.07) is 25.9. The summed E-state index contributed by atoms with van der Waals surface area (Å²) in [6.07, 6.45) is 0.0917. The molecule has 39 heavy (non-hydrogen) atoms. The van der Waals surface area contributed by atoms with Gasteiger partial charge in [-0.05, 0) is 97.8 Å². The lowest BCUT2D eigenvalue weighted by atomic mass is 9.90. The van der Waals surface area contributed by atoms with Crippen molar-refractivity contribution in [2.24, 2.45) is 5.10 Å². The van der Waals surface area contributed by atoms with Gasteiger partial charge < -0.3 is 14.8 Å². The maximum absolute atomic E-state index is 13.5. The van der Waals surface area contributed by atoms with Crippen LogP contribution in [0.4, 0.5) is 19.3 Å². The fourth-order valence-corrected chi connectivity index (χ4v) is 4.26. The molecule has 1 aliphatic heterocycles. The number of hydrogen-bond donors (Lipinski definition) is 1. The molecule has 0 bridgehead atoms. The summed E-state index contributed by atoms with van der Waals surface area (Å²) in [5.41, 5.74) is 2.66. The monoisotopic (exact) mass is 527 g/mol. The molecule has 6 nitrogen and oxygen atoms in total. The number of rotatable bonds is 7. The molecule has 198 valence electrons. The summed E-state index contributed by atoms with van der Waals surface area (Å²) in [4.78, 5) is 13.1. The number of halogens is 2. The molecular weight excluding hydrogens is 500 g/mol. The maximum Gasteiger partial charge on any atom is 0.342 e. The molecule has 0 radical (unpaired) electrons. The van der Waals surface area contributed by atoms with E-state index in [1.807, 2.05) is 38.1 Å². The van der Waals surface area contributed by atoms with E-state index in [2.05, 4.69) is 10.4 Å². The normalized spacial score (nSPS) is 14.7. The second-order valence-electron chi connectivity index (χ2n) is 9.37. The molecule has 4 aromatic carbocycles. The van der Waals surface area contributed by atoms with Gasteiger partial charge in [-0.15, -0.1) is 0 Å². The number of urea groups is 1. The number of nitrogens with one attached hydrogen (secondary N) is 1. The summed E-state index contributed by atoms with van der Waals surface area (Å²) in [6.45, 7) is 4.19. The van der Waals surface area contributed by atoms with Gasteiger partial charge in [0.25, 0.3) is 0 Å². The molecule has 0 fully saturated rings. The van der Waals surface area contributed by atoms with Crippen LogP contribution in [0.25, 0.3) is 0 Å². The lowest BCUT2D eigenvalue weighted by Crippen LogP contribution is -2.30. The molecule has 0 aliphatic carbocycles. The van der Waals surface area contributed by atoms with E-state index in [1.54, 1.807) is 48.5 Å². The minimum Gasteiger partial charge on any atom is -0.491 e. The number of carbonyl (C=O) groups excluding carboxylic acids is 1. The Morgan fingerprint density at radius 1 is 0.821 bits per heavy atom. The molecule has 1 N–H and O–H groups in total. The first-order valence-corrected chi connectivity index (χ1v) is 12.6. The van der Waals surface area contributed by atoms with Crippen molar-refractivity contribution in [3.8, 4) is 17.2 Å². The third-order valence-corrected chi connectivity index (χ3v) is 6.10. The van der Waals surface area contributed by atoms with Crippen LogP contribution in [0, 0.1) is 11.6 Å². The van der Waals surface area contributed by atoms with Crippen LogP contribution in [-0.4, -0.2) is 29.4 Å². The first-order chi connectivity index (χ1) is 18.8. The Hall–Kier alpha value is -4.72. The molecule has 0 spiro atoms. The van der Waals surface area contributed by atoms with Gasteiger partial charge in [0.05, 0.1) is 18.4 Å². The van der Waals surface area contributed by atoms with Crippen molar-refractivity contribution in [3.05, 3.63) is 120 Å². The van der Waals surface area contributed by atoms with Crippen molar-refractivity contribution in [1.82, 2.24) is 5.01 Å². The van der Waals surface area contributed by atoms with E-state index >= 15 is 0 Å². The fraction of sp³-hybridized carbons (Fsp3) is 0.161. The van der Waals surface area contributed by atoms with Crippen LogP contribution in [0.15, 0.2) is 102 Å². The van der Waals surface area contributed by atoms with E-state index in [-0.39, 0.29) is 30.2 Å². The van der Waals surface area contributed by atoms with Crippen LogP contribution in [0.1, 0.15) is 30.9 Å². The molecule has 8 heteroatoms. The van der Waals surface area contributed by atoms with Crippen LogP contribution in [-0.2, 0) is 0 Å². The lowest BCUT2D eigenvalue weighted by Gasteiger charge is -2.16. The van der Waals surface area contributed by atoms with Crippen LogP contribution in [0.5, 0.6) is 17.2 Å². The van der Waals surface area contributed by atoms with Crippen molar-refractivity contribution in [3.63, 3.8) is 0 Å². The Morgan fingerprint density at radius 3 is 1.95 bits per heavy atom. The van der Waals surface area contributed by atoms with Gasteiger partial charge in [0.1, 0.15) is 28.9 Å². The third-order valence-electron chi connectivity index (χ3n) is 6.10. The summed E-state index contributed by atoms with van der Waals surface area (Å²) < 4.78 is 38.6. The van der Waals surface area contributed by atoms with E-state index in [0.717, 1.165) is 11.3 Å². The zero-order valence-corrected chi connectivity index (χ0v) is 21.5. The number of hydrogen-bond acceptors (Lipinski definition) is 4. The molecule has 0 saturated carbocycles. The minimum absolute atomic E-state index is 0.0917. The SMILES string of the molecule is CC(C)Oc1ccc(Oc2ccc(NC(=O)N3CC(c4ccc(F)cc4)C(c4ccc(F)cc4)=N3)cc2)cc1. The van der Waals surface area contributed by atoms with E-state index in [4.69, 9.17) is 9.47 Å². The predicted molar refractivity (Wildman–Crippen MR) is 147 cm³/mol. The molecule has 0 saturated heterocycles. The van der Waals surface area contributed by atoms with Crippen LogP contribution >= 0.6 is 0 Å². The van der Waals surface area contributed by atoms with Gasteiger partial charge in [-0.2, -0.15) is 5.10 Å². The number of ether oxygens (including phenoxy) is 2. The first-order valence-electron chi connectivity index (χ1n) is 12.6. The zero-order chi connectivity index (χ0) is 27.4. The third kappa shape index (κ3) is 6.41. The Bertz CT molecular complexity index is 1450. The van der Waals surface area contributed by atoms with Crippen molar-refractivity contribution in [2.75, 3.05) is 11.9 Å². The molecule has 1 heterocycles. The van der Waals surface area contributed by atoms with E-state index in [0.29, 0.717) is 28.5 Å². The summed E-state index contributed by atoms with van der Waals surface area (Å²) >= 11 is 0. The molecule has 2 amide bonds. The van der Waals surface area contributed by atoms with Gasteiger partial charge in [-0.3, -0.25) is 0 Å². The highest BCUT2D eigenvalue weighted by atomic mass is 19.1. The number of carbonyl (C=O) groups is 1. The number of anilines is 1. The highest BCUT2D eigenvalue weighted by Crippen LogP contribution is 2.30. The largest absolute Gasteiger partial charge is 0.491 e. The summed E-state index contributed by atoms with van der Waals surface area (Å²) in [5.74, 6) is 1.03. The average molecular weight is 528 g/mol. The molecule has 4 aromatic rings. The number of nitrogens with zero attached hydrogens (tertiary/aromatic N) is 2. The molecule has 1 aliphatic rings. The summed E-state index contributed by atoms with van der Waals surface area (Å²) in [5, 5.41) is 8.73. The van der Waals surface area contributed by atoms with Crippen molar-refractivity contribution in [1.29, 1.82) is 0 Å². The molecular formula is C31H27F2N3O3. The molecule has 5 rings (SSSR count). The van der Waals surface area contributed by atoms with Crippen molar-refractivity contribution in [2.45, 2.75) is 25.9 Å². The molecule has 1 unspecified atom stereocenters. The van der Waals surface area contributed by atoms with Crippen LogP contribution < -0.4 is 14.8 Å². The van der Waals surface area contributed by atoms with Crippen LogP contribution in [0.3, 0.4) is 0 Å². The van der Waals surface area contributed by atoms with E-state index in [9.17, 15) is 13.6 Å². The van der Waals surface area contributed by atoms with Gasteiger partial charge in [-0.1, -0.05) is 24.3 Å². The molecule has 1 atom stereocenters. The quantitative estimate of drug-likeness (QED) is 0.269. The number of hydrazone groups is 1. The highest BCUT2D eigenvalue weighted by Gasteiger charge is 2.32. The Kier molecular flexibility index (Phi) is 7.54. The Labute approximate surface area is 225 Å².